The fraction of sp³-hybridized carbons (Fsp3) is 0.969. The lowest BCUT2D eigenvalue weighted by Gasteiger charge is -2.67. The minimum Gasteiger partial charge on any atom is -0.459 e. The number of hydrogen-bond acceptors (Lipinski definition) is 6. The molecule has 0 saturated heterocycles. The van der Waals surface area contributed by atoms with Crippen LogP contribution in [0.3, 0.4) is 0 Å². The van der Waals surface area contributed by atoms with Crippen molar-refractivity contribution in [2.45, 2.75) is 130 Å². The minimum atomic E-state index is -1.47. The molecule has 5 aliphatic carbocycles. The highest BCUT2D eigenvalue weighted by Gasteiger charge is 2.73. The molecule has 15 atom stereocenters. The second-order valence-corrected chi connectivity index (χ2v) is 15.6. The van der Waals surface area contributed by atoms with Crippen molar-refractivity contribution in [1.82, 2.24) is 0 Å². The largest absolute Gasteiger partial charge is 0.459 e. The first kappa shape index (κ1) is 28.8. The van der Waals surface area contributed by atoms with Crippen molar-refractivity contribution in [3.05, 3.63) is 0 Å². The van der Waals surface area contributed by atoms with Gasteiger partial charge in [0.15, 0.2) is 0 Å². The van der Waals surface area contributed by atoms with Gasteiger partial charge in [-0.3, -0.25) is 4.79 Å². The van der Waals surface area contributed by atoms with Crippen molar-refractivity contribution in [3.8, 4) is 0 Å². The first-order chi connectivity index (χ1) is 17.5. The third-order valence-corrected chi connectivity index (χ3v) is 13.9. The SMILES string of the molecule is CC(=O)O[C@@H]1[C@H]2[C@@H](C[C@@H](O)[C@@]3(O)C[C@@H](O)CC[C@]23C)[C@@H]2CC[C@H]([C@H](C)[C@H]3C[C@]3(C)[C@H](C)C(C)C)[C@@]2(C)[C@@H]1O. The average molecular weight is 535 g/mol. The van der Waals surface area contributed by atoms with Gasteiger partial charge in [0, 0.05) is 30.1 Å². The predicted octanol–water partition coefficient (Wildman–Crippen LogP) is 4.56. The fourth-order valence-electron chi connectivity index (χ4n) is 11.3. The van der Waals surface area contributed by atoms with E-state index in [-0.39, 0.29) is 24.2 Å². The molecule has 5 saturated carbocycles. The topological polar surface area (TPSA) is 107 Å². The van der Waals surface area contributed by atoms with Crippen molar-refractivity contribution in [1.29, 1.82) is 0 Å². The van der Waals surface area contributed by atoms with E-state index in [9.17, 15) is 25.2 Å². The highest BCUT2D eigenvalue weighted by molar-refractivity contribution is 5.66. The molecule has 0 aromatic rings. The van der Waals surface area contributed by atoms with Gasteiger partial charge in [-0.15, -0.1) is 0 Å². The van der Waals surface area contributed by atoms with Crippen molar-refractivity contribution < 1.29 is 30.0 Å². The Hall–Kier alpha value is -0.690. The molecule has 4 N–H and O–H groups in total. The molecular weight excluding hydrogens is 480 g/mol. The maximum absolute atomic E-state index is 12.5. The molecular formula is C32H54O6. The summed E-state index contributed by atoms with van der Waals surface area (Å²) >= 11 is 0. The van der Waals surface area contributed by atoms with Gasteiger partial charge in [0.1, 0.15) is 6.10 Å². The number of aliphatic hydroxyl groups excluding tert-OH is 3. The number of carbonyl (C=O) groups excluding carboxylic acids is 1. The lowest BCUT2D eigenvalue weighted by atomic mass is 9.41. The third kappa shape index (κ3) is 3.75. The van der Waals surface area contributed by atoms with E-state index in [0.717, 1.165) is 12.8 Å². The van der Waals surface area contributed by atoms with Crippen LogP contribution in [0.4, 0.5) is 0 Å². The Balaban J connectivity index is 1.52. The first-order valence-electron chi connectivity index (χ1n) is 15.5. The number of fused-ring (bicyclic) bond motifs is 5. The molecule has 5 fully saturated rings. The number of carbonyl (C=O) groups is 1. The van der Waals surface area contributed by atoms with Gasteiger partial charge in [-0.2, -0.15) is 0 Å². The van der Waals surface area contributed by atoms with Gasteiger partial charge in [-0.1, -0.05) is 48.5 Å². The Morgan fingerprint density at radius 3 is 2.21 bits per heavy atom. The van der Waals surface area contributed by atoms with Crippen molar-refractivity contribution in [2.24, 2.45) is 63.6 Å². The molecule has 6 heteroatoms. The van der Waals surface area contributed by atoms with Gasteiger partial charge in [0.05, 0.1) is 23.9 Å². The molecule has 5 aliphatic rings. The molecule has 0 spiro atoms. The summed E-state index contributed by atoms with van der Waals surface area (Å²) in [7, 11) is 0. The summed E-state index contributed by atoms with van der Waals surface area (Å²) in [6.07, 6.45) is 1.68. The lowest BCUT2D eigenvalue weighted by molar-refractivity contribution is -0.302. The smallest absolute Gasteiger partial charge is 0.303 e. The molecule has 0 heterocycles. The predicted molar refractivity (Wildman–Crippen MR) is 146 cm³/mol. The molecule has 38 heavy (non-hydrogen) atoms. The van der Waals surface area contributed by atoms with Crippen LogP contribution in [0.25, 0.3) is 0 Å². The summed E-state index contributed by atoms with van der Waals surface area (Å²) in [6.45, 7) is 17.5. The van der Waals surface area contributed by atoms with Crippen molar-refractivity contribution in [2.75, 3.05) is 0 Å². The fourth-order valence-corrected chi connectivity index (χ4v) is 11.3. The number of hydrogen-bond donors (Lipinski definition) is 4. The lowest BCUT2D eigenvalue weighted by Crippen LogP contribution is -2.74. The second kappa shape index (κ2) is 9.16. The van der Waals surface area contributed by atoms with Crippen LogP contribution in [0.5, 0.6) is 0 Å². The number of ether oxygens (including phenoxy) is 1. The molecule has 5 rings (SSSR count). The Bertz CT molecular complexity index is 937. The quantitative estimate of drug-likeness (QED) is 0.385. The maximum atomic E-state index is 12.5. The van der Waals surface area contributed by atoms with E-state index in [2.05, 4.69) is 41.5 Å². The molecule has 0 aliphatic heterocycles. The van der Waals surface area contributed by atoms with Crippen LogP contribution in [-0.2, 0) is 9.53 Å². The third-order valence-electron chi connectivity index (χ3n) is 13.9. The molecule has 0 unspecified atom stereocenters. The van der Waals surface area contributed by atoms with E-state index in [1.807, 2.05) is 6.92 Å². The van der Waals surface area contributed by atoms with Crippen LogP contribution >= 0.6 is 0 Å². The van der Waals surface area contributed by atoms with E-state index in [1.54, 1.807) is 0 Å². The zero-order valence-corrected chi connectivity index (χ0v) is 25.0. The molecule has 218 valence electrons. The summed E-state index contributed by atoms with van der Waals surface area (Å²) in [5.41, 5.74) is -2.33. The summed E-state index contributed by atoms with van der Waals surface area (Å²) in [5.74, 6) is 2.22. The maximum Gasteiger partial charge on any atom is 0.303 e. The monoisotopic (exact) mass is 534 g/mol. The van der Waals surface area contributed by atoms with Gasteiger partial charge in [-0.05, 0) is 85.4 Å². The van der Waals surface area contributed by atoms with E-state index >= 15 is 0 Å². The molecule has 0 aromatic heterocycles. The Morgan fingerprint density at radius 1 is 0.947 bits per heavy atom. The molecule has 6 nitrogen and oxygen atoms in total. The highest BCUT2D eigenvalue weighted by atomic mass is 16.6. The zero-order valence-electron chi connectivity index (χ0n) is 25.0. The molecule has 0 amide bonds. The minimum absolute atomic E-state index is 0.0423. The summed E-state index contributed by atoms with van der Waals surface area (Å²) in [4.78, 5) is 12.5. The van der Waals surface area contributed by atoms with Gasteiger partial charge in [0.2, 0.25) is 0 Å². The molecule has 0 aromatic carbocycles. The van der Waals surface area contributed by atoms with Crippen molar-refractivity contribution in [3.63, 3.8) is 0 Å². The van der Waals surface area contributed by atoms with Crippen LogP contribution < -0.4 is 0 Å². The van der Waals surface area contributed by atoms with E-state index in [0.29, 0.717) is 54.3 Å². The van der Waals surface area contributed by atoms with Crippen LogP contribution in [0.1, 0.15) is 100 Å². The van der Waals surface area contributed by atoms with Gasteiger partial charge < -0.3 is 25.2 Å². The van der Waals surface area contributed by atoms with Gasteiger partial charge in [0.25, 0.3) is 0 Å². The molecule has 0 radical (unpaired) electrons. The molecule has 0 bridgehead atoms. The zero-order chi connectivity index (χ0) is 28.2. The number of rotatable bonds is 5. The van der Waals surface area contributed by atoms with Crippen LogP contribution in [-0.4, -0.2) is 56.4 Å². The van der Waals surface area contributed by atoms with E-state index < -0.39 is 46.8 Å². The highest BCUT2D eigenvalue weighted by Crippen LogP contribution is 2.72. The first-order valence-corrected chi connectivity index (χ1v) is 15.5. The summed E-state index contributed by atoms with van der Waals surface area (Å²) < 4.78 is 6.04. The Morgan fingerprint density at radius 2 is 1.61 bits per heavy atom. The second-order valence-electron chi connectivity index (χ2n) is 15.6. The van der Waals surface area contributed by atoms with E-state index in [1.165, 1.54) is 13.3 Å². The van der Waals surface area contributed by atoms with E-state index in [4.69, 9.17) is 4.74 Å². The summed E-state index contributed by atoms with van der Waals surface area (Å²) in [5, 5.41) is 46.1. The standard InChI is InChI=1S/C32H54O6/c1-16(2)18(4)29(6)15-24(29)17(3)22-9-10-23-21-13-25(35)32(37)14-20(34)11-12-30(32,7)26(21)27(38-19(5)33)28(36)31(22,23)8/h16-18,20-28,34-37H,9-15H2,1-8H3/t17-,18+,20-,21-,22+,23-,24+,25+,26+,27+,28+,29+,30+,31+,32-/m0/s1. The normalized spacial score (nSPS) is 55.4. The van der Waals surface area contributed by atoms with Crippen LogP contribution in [0.2, 0.25) is 0 Å². The van der Waals surface area contributed by atoms with Gasteiger partial charge >= 0.3 is 5.97 Å². The van der Waals surface area contributed by atoms with Crippen LogP contribution in [0.15, 0.2) is 0 Å². The Labute approximate surface area is 229 Å². The van der Waals surface area contributed by atoms with Gasteiger partial charge in [-0.25, -0.2) is 0 Å². The summed E-state index contributed by atoms with van der Waals surface area (Å²) in [6, 6.07) is 0. The number of aliphatic hydroxyl groups is 4. The average Bonchev–Trinajstić information content (AvgIpc) is 3.39. The Kier molecular flexibility index (Phi) is 6.95. The van der Waals surface area contributed by atoms with Crippen molar-refractivity contribution >= 4 is 5.97 Å². The number of esters is 1. The van der Waals surface area contributed by atoms with Crippen LogP contribution in [0, 0.1) is 63.6 Å².